The number of hydrogen-bond donors (Lipinski definition) is 1. The predicted molar refractivity (Wildman–Crippen MR) is 77.2 cm³/mol. The van der Waals surface area contributed by atoms with E-state index < -0.39 is 0 Å². The van der Waals surface area contributed by atoms with Crippen LogP contribution in [0.15, 0.2) is 27.1 Å². The highest BCUT2D eigenvalue weighted by Gasteiger charge is 2.09. The van der Waals surface area contributed by atoms with Gasteiger partial charge in [-0.05, 0) is 40.5 Å². The summed E-state index contributed by atoms with van der Waals surface area (Å²) in [5, 5.41) is 2.88. The summed E-state index contributed by atoms with van der Waals surface area (Å²) in [7, 11) is 0. The Balaban J connectivity index is 2.59. The van der Waals surface area contributed by atoms with Crippen molar-refractivity contribution in [1.29, 1.82) is 0 Å². The Labute approximate surface area is 121 Å². The van der Waals surface area contributed by atoms with Crippen LogP contribution >= 0.6 is 47.8 Å². The molecule has 1 rings (SSSR count). The molecule has 0 aliphatic carbocycles. The average molecular weight is 414 g/mol. The van der Waals surface area contributed by atoms with E-state index in [9.17, 15) is 4.79 Å². The predicted octanol–water partition coefficient (Wildman–Crippen LogP) is 4.11. The van der Waals surface area contributed by atoms with Crippen molar-refractivity contribution >= 4 is 53.7 Å². The zero-order chi connectivity index (χ0) is 12.1. The van der Waals surface area contributed by atoms with Crippen molar-refractivity contribution in [2.24, 2.45) is 0 Å². The maximum Gasteiger partial charge on any atom is 0.252 e. The van der Waals surface area contributed by atoms with Crippen LogP contribution in [0.25, 0.3) is 0 Å². The summed E-state index contributed by atoms with van der Waals surface area (Å²) in [6.45, 7) is 2.73. The van der Waals surface area contributed by atoms with Crippen LogP contribution in [0.5, 0.6) is 0 Å². The first-order chi connectivity index (χ1) is 7.50. The maximum absolute atomic E-state index is 11.8. The number of hydrogen-bond acceptors (Lipinski definition) is 1. The largest absolute Gasteiger partial charge is 0.352 e. The molecule has 0 saturated heterocycles. The summed E-state index contributed by atoms with van der Waals surface area (Å²) < 4.78 is 1.75. The van der Waals surface area contributed by atoms with E-state index in [2.05, 4.69) is 60.0 Å². The number of halogens is 3. The lowest BCUT2D eigenvalue weighted by atomic mass is 10.2. The van der Waals surface area contributed by atoms with Crippen LogP contribution in [0.1, 0.15) is 23.7 Å². The second kappa shape index (κ2) is 6.77. The number of nitrogens with one attached hydrogen (secondary N) is 1. The molecule has 16 heavy (non-hydrogen) atoms. The third-order valence-corrected chi connectivity index (χ3v) is 3.61. The van der Waals surface area contributed by atoms with Crippen molar-refractivity contribution < 1.29 is 4.79 Å². The Kier molecular flexibility index (Phi) is 6.00. The monoisotopic (exact) mass is 411 g/mol. The molecule has 0 fully saturated rings. The Morgan fingerprint density at radius 1 is 1.44 bits per heavy atom. The lowest BCUT2D eigenvalue weighted by Gasteiger charge is -2.08. The molecule has 1 amide bonds. The average Bonchev–Trinajstić information content (AvgIpc) is 2.16. The van der Waals surface area contributed by atoms with E-state index in [0.29, 0.717) is 16.9 Å². The molecule has 0 radical (unpaired) electrons. The smallest absolute Gasteiger partial charge is 0.252 e. The van der Waals surface area contributed by atoms with Crippen molar-refractivity contribution in [3.05, 3.63) is 32.7 Å². The van der Waals surface area contributed by atoms with Gasteiger partial charge in [-0.15, -0.1) is 0 Å². The van der Waals surface area contributed by atoms with Gasteiger partial charge in [-0.1, -0.05) is 38.8 Å². The van der Waals surface area contributed by atoms with Crippen LogP contribution in [-0.2, 0) is 0 Å². The van der Waals surface area contributed by atoms with Crippen LogP contribution in [0.4, 0.5) is 0 Å². The van der Waals surface area contributed by atoms with Gasteiger partial charge in [-0.3, -0.25) is 4.79 Å². The first-order valence-corrected chi connectivity index (χ1v) is 7.38. The fourth-order valence-corrected chi connectivity index (χ4v) is 2.61. The standard InChI is InChI=1S/C11H12Br3NO/c1-7(12)4-5-15-11(16)9-3-2-8(13)6-10(9)14/h2-3,6-7H,4-5H2,1H3,(H,15,16). The highest BCUT2D eigenvalue weighted by atomic mass is 79.9. The molecule has 0 spiro atoms. The number of rotatable bonds is 4. The molecule has 1 aromatic carbocycles. The molecule has 1 aromatic rings. The van der Waals surface area contributed by atoms with Crippen LogP contribution in [-0.4, -0.2) is 17.3 Å². The van der Waals surface area contributed by atoms with Gasteiger partial charge in [-0.2, -0.15) is 0 Å². The van der Waals surface area contributed by atoms with Gasteiger partial charge in [0.15, 0.2) is 0 Å². The van der Waals surface area contributed by atoms with Gasteiger partial charge >= 0.3 is 0 Å². The first kappa shape index (κ1) is 14.2. The molecule has 2 nitrogen and oxygen atoms in total. The Morgan fingerprint density at radius 2 is 2.12 bits per heavy atom. The van der Waals surface area contributed by atoms with Crippen molar-refractivity contribution in [2.75, 3.05) is 6.54 Å². The number of amides is 1. The molecule has 0 aromatic heterocycles. The fourth-order valence-electron chi connectivity index (χ4n) is 1.15. The number of alkyl halides is 1. The summed E-state index contributed by atoms with van der Waals surface area (Å²) in [5.41, 5.74) is 0.658. The van der Waals surface area contributed by atoms with E-state index in [1.165, 1.54) is 0 Å². The van der Waals surface area contributed by atoms with Gasteiger partial charge in [0.1, 0.15) is 0 Å². The molecule has 1 unspecified atom stereocenters. The van der Waals surface area contributed by atoms with Gasteiger partial charge in [-0.25, -0.2) is 0 Å². The summed E-state index contributed by atoms with van der Waals surface area (Å²) >= 11 is 10.2. The van der Waals surface area contributed by atoms with Gasteiger partial charge < -0.3 is 5.32 Å². The van der Waals surface area contributed by atoms with Crippen LogP contribution in [0.2, 0.25) is 0 Å². The molecule has 0 aliphatic rings. The van der Waals surface area contributed by atoms with Crippen molar-refractivity contribution in [1.82, 2.24) is 5.32 Å². The molecule has 0 saturated carbocycles. The molecular weight excluding hydrogens is 402 g/mol. The van der Waals surface area contributed by atoms with Gasteiger partial charge in [0.05, 0.1) is 5.56 Å². The quantitative estimate of drug-likeness (QED) is 0.739. The molecular formula is C11H12Br3NO. The summed E-state index contributed by atoms with van der Waals surface area (Å²) in [4.78, 5) is 12.2. The number of carbonyl (C=O) groups excluding carboxylic acids is 1. The van der Waals surface area contributed by atoms with E-state index in [4.69, 9.17) is 0 Å². The van der Waals surface area contributed by atoms with E-state index in [1.54, 1.807) is 6.07 Å². The lowest BCUT2D eigenvalue weighted by Crippen LogP contribution is -2.25. The number of carbonyl (C=O) groups is 1. The van der Waals surface area contributed by atoms with E-state index in [-0.39, 0.29) is 5.91 Å². The van der Waals surface area contributed by atoms with Crippen molar-refractivity contribution in [3.8, 4) is 0 Å². The normalized spacial score (nSPS) is 12.2. The topological polar surface area (TPSA) is 29.1 Å². The molecule has 88 valence electrons. The summed E-state index contributed by atoms with van der Waals surface area (Å²) in [6, 6.07) is 5.51. The second-order valence-corrected chi connectivity index (χ2v) is 6.78. The van der Waals surface area contributed by atoms with E-state index >= 15 is 0 Å². The molecule has 1 N–H and O–H groups in total. The Hall–Kier alpha value is 0.130. The van der Waals surface area contributed by atoms with Crippen molar-refractivity contribution in [3.63, 3.8) is 0 Å². The maximum atomic E-state index is 11.8. The minimum atomic E-state index is -0.0486. The minimum Gasteiger partial charge on any atom is -0.352 e. The van der Waals surface area contributed by atoms with Crippen LogP contribution < -0.4 is 5.32 Å². The summed E-state index contributed by atoms with van der Waals surface area (Å²) in [6.07, 6.45) is 0.917. The van der Waals surface area contributed by atoms with Crippen LogP contribution in [0, 0.1) is 0 Å². The fraction of sp³-hybridized carbons (Fsp3) is 0.364. The molecule has 5 heteroatoms. The van der Waals surface area contributed by atoms with Crippen molar-refractivity contribution in [2.45, 2.75) is 18.2 Å². The lowest BCUT2D eigenvalue weighted by molar-refractivity contribution is 0.0952. The Morgan fingerprint density at radius 3 is 2.69 bits per heavy atom. The van der Waals surface area contributed by atoms with Crippen LogP contribution in [0.3, 0.4) is 0 Å². The highest BCUT2D eigenvalue weighted by Crippen LogP contribution is 2.21. The third-order valence-electron chi connectivity index (χ3n) is 2.00. The molecule has 0 bridgehead atoms. The Bertz CT molecular complexity index is 379. The molecule has 0 aliphatic heterocycles. The van der Waals surface area contributed by atoms with Gasteiger partial charge in [0.2, 0.25) is 0 Å². The zero-order valence-corrected chi connectivity index (χ0v) is 13.5. The first-order valence-electron chi connectivity index (χ1n) is 4.88. The second-order valence-electron chi connectivity index (χ2n) is 3.45. The SMILES string of the molecule is CC(Br)CCNC(=O)c1ccc(Br)cc1Br. The molecule has 1 atom stereocenters. The highest BCUT2D eigenvalue weighted by molar-refractivity contribution is 9.11. The summed E-state index contributed by atoms with van der Waals surface area (Å²) in [5.74, 6) is -0.0486. The van der Waals surface area contributed by atoms with Gasteiger partial charge in [0.25, 0.3) is 5.91 Å². The third kappa shape index (κ3) is 4.55. The van der Waals surface area contributed by atoms with Gasteiger partial charge in [0, 0.05) is 20.3 Å². The van der Waals surface area contributed by atoms with E-state index in [0.717, 1.165) is 15.4 Å². The minimum absolute atomic E-state index is 0.0486. The zero-order valence-electron chi connectivity index (χ0n) is 8.77. The number of benzene rings is 1. The van der Waals surface area contributed by atoms with E-state index in [1.807, 2.05) is 12.1 Å². The molecule has 0 heterocycles.